The van der Waals surface area contributed by atoms with Gasteiger partial charge in [-0.25, -0.2) is 0 Å². The van der Waals surface area contributed by atoms with Gasteiger partial charge in [0.1, 0.15) is 0 Å². The van der Waals surface area contributed by atoms with Crippen LogP contribution in [0.1, 0.15) is 1.37 Å². The maximum Gasteiger partial charge on any atom is 0.0725 e. The highest BCUT2D eigenvalue weighted by atomic mass is 127. The first-order valence-electron chi connectivity index (χ1n) is 2.41. The van der Waals surface area contributed by atoms with Crippen molar-refractivity contribution in [3.05, 3.63) is 10.1 Å². The summed E-state index contributed by atoms with van der Waals surface area (Å²) >= 11 is 6.11. The largest absolute Gasteiger partial charge is 0.128 e. The Labute approximate surface area is 74.6 Å². The van der Waals surface area contributed by atoms with E-state index in [9.17, 15) is 0 Å². The van der Waals surface area contributed by atoms with Gasteiger partial charge in [-0.1, -0.05) is 28.5 Å². The number of rotatable bonds is 0. The summed E-state index contributed by atoms with van der Waals surface area (Å²) in [5, 5.41) is 0. The second-order valence-corrected chi connectivity index (χ2v) is 1.64. The molecule has 0 unspecified atom stereocenters. The SMILES string of the molecule is [2H]C(C#CC#CN=S)=CI. The zero-order valence-corrected chi connectivity index (χ0v) is 7.28. The second kappa shape index (κ2) is 7.61. The van der Waals surface area contributed by atoms with Crippen LogP contribution in [-0.4, -0.2) is 0 Å². The van der Waals surface area contributed by atoms with E-state index in [-0.39, 0.29) is 6.05 Å². The summed E-state index contributed by atoms with van der Waals surface area (Å²) in [7, 11) is 0. The summed E-state index contributed by atoms with van der Waals surface area (Å²) in [5.41, 5.74) is 0. The highest BCUT2D eigenvalue weighted by Gasteiger charge is 1.53. The third-order valence-electron chi connectivity index (χ3n) is 0.353. The lowest BCUT2D eigenvalue weighted by molar-refractivity contribution is 1.80. The fourth-order valence-corrected chi connectivity index (χ4v) is 0.347. The average molecular weight is 248 g/mol. The standard InChI is InChI=1S/C6H2INS/c7-5-3-1-2-4-6-8-9/h3,5H/i3D. The van der Waals surface area contributed by atoms with Gasteiger partial charge >= 0.3 is 0 Å². The van der Waals surface area contributed by atoms with Crippen LogP contribution in [-0.2, 0) is 12.4 Å². The smallest absolute Gasteiger partial charge is 0.0725 e. The van der Waals surface area contributed by atoms with E-state index in [0.717, 1.165) is 0 Å². The number of halogens is 1. The van der Waals surface area contributed by atoms with Gasteiger partial charge in [0.15, 0.2) is 0 Å². The molecule has 0 saturated heterocycles. The van der Waals surface area contributed by atoms with Gasteiger partial charge in [0, 0.05) is 5.92 Å². The first-order chi connectivity index (χ1) is 4.81. The Hall–Kier alpha value is -0.390. The van der Waals surface area contributed by atoms with E-state index in [1.807, 2.05) is 22.6 Å². The molecule has 0 spiro atoms. The molecule has 0 amide bonds. The lowest BCUT2D eigenvalue weighted by atomic mass is 10.6. The molecule has 0 aliphatic heterocycles. The van der Waals surface area contributed by atoms with Crippen molar-refractivity contribution in [2.45, 2.75) is 0 Å². The van der Waals surface area contributed by atoms with Gasteiger partial charge in [0.2, 0.25) is 0 Å². The third-order valence-corrected chi connectivity index (χ3v) is 0.756. The molecule has 0 aromatic rings. The van der Waals surface area contributed by atoms with Crippen molar-refractivity contribution in [3.8, 4) is 23.8 Å². The van der Waals surface area contributed by atoms with Gasteiger partial charge in [-0.15, -0.1) is 4.36 Å². The number of hydrogen-bond donors (Lipinski definition) is 0. The van der Waals surface area contributed by atoms with Gasteiger partial charge in [0.05, 0.1) is 19.8 Å². The fraction of sp³-hybridized carbons (Fsp3) is 0. The molecular formula is C6H2INS. The van der Waals surface area contributed by atoms with E-state index in [2.05, 4.69) is 40.6 Å². The Bertz CT molecular complexity index is 263. The Morgan fingerprint density at radius 3 is 3.00 bits per heavy atom. The van der Waals surface area contributed by atoms with Crippen LogP contribution < -0.4 is 0 Å². The molecule has 0 aromatic heterocycles. The van der Waals surface area contributed by atoms with Crippen LogP contribution in [0.5, 0.6) is 0 Å². The van der Waals surface area contributed by atoms with Crippen LogP contribution in [0.2, 0.25) is 0 Å². The molecule has 44 valence electrons. The molecule has 0 fully saturated rings. The number of nitrogens with zero attached hydrogens (tertiary/aromatic N) is 1. The van der Waals surface area contributed by atoms with Crippen LogP contribution in [0.4, 0.5) is 0 Å². The highest BCUT2D eigenvalue weighted by Crippen LogP contribution is 1.79. The van der Waals surface area contributed by atoms with Crippen molar-refractivity contribution >= 4 is 35.0 Å². The van der Waals surface area contributed by atoms with Crippen LogP contribution in [0.3, 0.4) is 0 Å². The van der Waals surface area contributed by atoms with E-state index in [0.29, 0.717) is 0 Å². The molecular weight excluding hydrogens is 245 g/mol. The van der Waals surface area contributed by atoms with E-state index in [1.165, 1.54) is 0 Å². The predicted molar refractivity (Wildman–Crippen MR) is 48.5 cm³/mol. The minimum absolute atomic E-state index is 0.235. The Balaban J connectivity index is 4.05. The number of allylic oxidation sites excluding steroid dienone is 1. The van der Waals surface area contributed by atoms with Crippen molar-refractivity contribution in [2.75, 3.05) is 0 Å². The van der Waals surface area contributed by atoms with Crippen LogP contribution in [0.25, 0.3) is 0 Å². The van der Waals surface area contributed by atoms with Crippen molar-refractivity contribution in [2.24, 2.45) is 4.36 Å². The molecule has 9 heavy (non-hydrogen) atoms. The lowest BCUT2D eigenvalue weighted by Gasteiger charge is -1.56. The van der Waals surface area contributed by atoms with E-state index < -0.39 is 0 Å². The zero-order chi connectivity index (χ0) is 7.82. The molecule has 0 aliphatic rings. The Morgan fingerprint density at radius 1 is 1.67 bits per heavy atom. The molecule has 0 saturated carbocycles. The maximum atomic E-state index is 7.01. The Morgan fingerprint density at radius 2 is 2.44 bits per heavy atom. The van der Waals surface area contributed by atoms with Gasteiger partial charge in [0.25, 0.3) is 0 Å². The summed E-state index contributed by atoms with van der Waals surface area (Å²) in [6, 6.07) is 2.47. The first-order valence-corrected chi connectivity index (χ1v) is 3.52. The van der Waals surface area contributed by atoms with Crippen LogP contribution in [0.15, 0.2) is 14.5 Å². The third kappa shape index (κ3) is 7.61. The molecule has 0 N–H and O–H groups in total. The van der Waals surface area contributed by atoms with Crippen molar-refractivity contribution in [3.63, 3.8) is 0 Å². The zero-order valence-electron chi connectivity index (χ0n) is 5.31. The molecule has 3 heteroatoms. The lowest BCUT2D eigenvalue weighted by Crippen LogP contribution is -1.48. The van der Waals surface area contributed by atoms with Gasteiger partial charge in [-0.3, -0.25) is 0 Å². The van der Waals surface area contributed by atoms with Gasteiger partial charge in [-0.05, 0) is 16.1 Å². The van der Waals surface area contributed by atoms with Gasteiger partial charge < -0.3 is 0 Å². The molecule has 0 bridgehead atoms. The molecule has 0 heterocycles. The molecule has 0 aliphatic carbocycles. The molecule has 0 rings (SSSR count). The predicted octanol–water partition coefficient (Wildman–Crippen LogP) is 1.63. The van der Waals surface area contributed by atoms with E-state index in [1.54, 1.807) is 4.08 Å². The van der Waals surface area contributed by atoms with Gasteiger partial charge in [-0.2, -0.15) is 0 Å². The molecule has 1 nitrogen and oxygen atoms in total. The van der Waals surface area contributed by atoms with Crippen LogP contribution in [0, 0.1) is 23.8 Å². The molecule has 0 atom stereocenters. The monoisotopic (exact) mass is 248 g/mol. The Kier molecular flexibility index (Phi) is 5.69. The van der Waals surface area contributed by atoms with Crippen LogP contribution >= 0.6 is 22.6 Å². The first kappa shape index (κ1) is 6.73. The quantitative estimate of drug-likeness (QED) is 0.469. The average Bonchev–Trinajstić information content (AvgIpc) is 1.98. The fourth-order valence-electron chi connectivity index (χ4n) is 0.145. The van der Waals surface area contributed by atoms with E-state index in [4.69, 9.17) is 1.37 Å². The molecule has 0 radical (unpaired) electrons. The minimum Gasteiger partial charge on any atom is -0.128 e. The highest BCUT2D eigenvalue weighted by molar-refractivity contribution is 14.1. The second-order valence-electron chi connectivity index (χ2n) is 0.832. The molecule has 0 aromatic carbocycles. The summed E-state index contributed by atoms with van der Waals surface area (Å²) in [4.78, 5) is 0. The minimum atomic E-state index is 0.235. The summed E-state index contributed by atoms with van der Waals surface area (Å²) < 4.78 is 11.7. The van der Waals surface area contributed by atoms with Crippen molar-refractivity contribution in [1.29, 1.82) is 0 Å². The van der Waals surface area contributed by atoms with E-state index >= 15 is 0 Å². The topological polar surface area (TPSA) is 12.4 Å². The normalized spacial score (nSPS) is 9.44. The maximum absolute atomic E-state index is 7.01. The summed E-state index contributed by atoms with van der Waals surface area (Å²) in [6.45, 7) is 0. The van der Waals surface area contributed by atoms with Crippen molar-refractivity contribution in [1.82, 2.24) is 0 Å². The summed E-state index contributed by atoms with van der Waals surface area (Å²) in [5.74, 6) is 7.22. The summed E-state index contributed by atoms with van der Waals surface area (Å²) in [6.07, 6.45) is 0. The number of hydrogen-bond acceptors (Lipinski definition) is 2. The van der Waals surface area contributed by atoms with Crippen molar-refractivity contribution < 1.29 is 1.37 Å².